The number of aryl methyl sites for hydroxylation is 1. The van der Waals surface area contributed by atoms with Gasteiger partial charge in [-0.05, 0) is 88.1 Å². The molecule has 0 saturated heterocycles. The molecule has 2 aromatic carbocycles. The van der Waals surface area contributed by atoms with Crippen molar-refractivity contribution in [1.82, 2.24) is 15.2 Å². The monoisotopic (exact) mass is 577 g/mol. The van der Waals surface area contributed by atoms with Crippen LogP contribution in [0, 0.1) is 5.82 Å². The molecule has 0 radical (unpaired) electrons. The van der Waals surface area contributed by atoms with Crippen LogP contribution in [0.4, 0.5) is 9.39 Å². The van der Waals surface area contributed by atoms with E-state index in [0.717, 1.165) is 74.4 Å². The van der Waals surface area contributed by atoms with E-state index in [0.29, 0.717) is 27.4 Å². The number of anilines is 1. The van der Waals surface area contributed by atoms with Crippen molar-refractivity contribution < 1.29 is 14.0 Å². The van der Waals surface area contributed by atoms with Gasteiger partial charge in [-0.25, -0.2) is 9.82 Å². The molecule has 218 valence electrons. The van der Waals surface area contributed by atoms with E-state index in [4.69, 9.17) is 0 Å². The van der Waals surface area contributed by atoms with Crippen LogP contribution in [0.15, 0.2) is 53.6 Å². The van der Waals surface area contributed by atoms with Gasteiger partial charge in [-0.3, -0.25) is 9.59 Å². The van der Waals surface area contributed by atoms with Gasteiger partial charge < -0.3 is 15.1 Å². The van der Waals surface area contributed by atoms with Crippen molar-refractivity contribution >= 4 is 33.9 Å². The van der Waals surface area contributed by atoms with Gasteiger partial charge >= 0.3 is 0 Å². The van der Waals surface area contributed by atoms with Gasteiger partial charge in [0.15, 0.2) is 0 Å². The fraction of sp³-hybridized carbons (Fsp3) is 0.406. The summed E-state index contributed by atoms with van der Waals surface area (Å²) in [5.74, 6) is -0.987. The first-order chi connectivity index (χ1) is 19.8. The van der Waals surface area contributed by atoms with Crippen LogP contribution in [0.3, 0.4) is 0 Å². The summed E-state index contributed by atoms with van der Waals surface area (Å²) in [7, 11) is 2.09. The van der Waals surface area contributed by atoms with Gasteiger partial charge in [0.05, 0.1) is 11.3 Å². The molecular weight excluding hydrogens is 537 g/mol. The molecule has 0 atom stereocenters. The number of rotatable bonds is 12. The van der Waals surface area contributed by atoms with E-state index in [9.17, 15) is 14.0 Å². The molecular formula is C32H40FN5O2S. The number of benzene rings is 2. The van der Waals surface area contributed by atoms with E-state index in [1.807, 2.05) is 18.2 Å². The quantitative estimate of drug-likeness (QED) is 0.206. The molecule has 0 fully saturated rings. The SMILES string of the molecule is CCN(CC)CCN(C)Cc1cccc(C(=O)Nc2sc3c(c2C(=O)N/N=C(\C)c2cccc(F)c2)CCCC3)c1. The van der Waals surface area contributed by atoms with Gasteiger partial charge in [0.1, 0.15) is 10.8 Å². The fourth-order valence-electron chi connectivity index (χ4n) is 5.09. The number of carbonyl (C=O) groups excluding carboxylic acids is 2. The molecule has 0 bridgehead atoms. The van der Waals surface area contributed by atoms with Crippen molar-refractivity contribution in [2.75, 3.05) is 38.5 Å². The number of fused-ring (bicyclic) bond motifs is 1. The summed E-state index contributed by atoms with van der Waals surface area (Å²) in [5, 5.41) is 7.80. The number of nitrogens with zero attached hydrogens (tertiary/aromatic N) is 3. The maximum atomic E-state index is 13.6. The van der Waals surface area contributed by atoms with E-state index < -0.39 is 0 Å². The van der Waals surface area contributed by atoms with Crippen molar-refractivity contribution in [3.05, 3.63) is 87.0 Å². The lowest BCUT2D eigenvalue weighted by Crippen LogP contribution is -2.32. The van der Waals surface area contributed by atoms with Crippen molar-refractivity contribution in [3.63, 3.8) is 0 Å². The maximum absolute atomic E-state index is 13.6. The largest absolute Gasteiger partial charge is 0.313 e. The molecule has 9 heteroatoms. The van der Waals surface area contributed by atoms with Crippen LogP contribution in [0.2, 0.25) is 0 Å². The lowest BCUT2D eigenvalue weighted by molar-refractivity contribution is 0.0955. The standard InChI is InChI=1S/C32H40FN5O2S/c1-5-38(6-2)18-17-37(4)21-23-11-9-13-25(19-23)30(39)34-32-29(27-15-7-8-16-28(27)41-32)31(40)36-35-22(3)24-12-10-14-26(33)20-24/h9-14,19-20H,5-8,15-18,21H2,1-4H3,(H,34,39)(H,36,40)/b35-22+. The third kappa shape index (κ3) is 8.09. The van der Waals surface area contributed by atoms with Gasteiger partial charge in [0, 0.05) is 35.6 Å². The number of carbonyl (C=O) groups is 2. The lowest BCUT2D eigenvalue weighted by Gasteiger charge is -2.23. The van der Waals surface area contributed by atoms with Crippen LogP contribution in [0.1, 0.15) is 75.9 Å². The topological polar surface area (TPSA) is 77.0 Å². The molecule has 1 aliphatic rings. The highest BCUT2D eigenvalue weighted by Gasteiger charge is 2.26. The minimum Gasteiger partial charge on any atom is -0.313 e. The average molecular weight is 578 g/mol. The Balaban J connectivity index is 1.49. The number of thiophene rings is 1. The van der Waals surface area contributed by atoms with Crippen molar-refractivity contribution in [1.29, 1.82) is 0 Å². The predicted molar refractivity (Wildman–Crippen MR) is 166 cm³/mol. The second-order valence-electron chi connectivity index (χ2n) is 10.5. The Morgan fingerprint density at radius 3 is 2.46 bits per heavy atom. The lowest BCUT2D eigenvalue weighted by atomic mass is 9.95. The third-order valence-corrected chi connectivity index (χ3v) is 8.73. The fourth-order valence-corrected chi connectivity index (χ4v) is 6.37. The van der Waals surface area contributed by atoms with Gasteiger partial charge in [-0.1, -0.05) is 38.1 Å². The first-order valence-electron chi connectivity index (χ1n) is 14.3. The summed E-state index contributed by atoms with van der Waals surface area (Å²) in [6.07, 6.45) is 3.72. The highest BCUT2D eigenvalue weighted by molar-refractivity contribution is 7.17. The number of amides is 2. The second-order valence-corrected chi connectivity index (χ2v) is 11.6. The van der Waals surface area contributed by atoms with E-state index in [1.54, 1.807) is 25.1 Å². The molecule has 0 unspecified atom stereocenters. The summed E-state index contributed by atoms with van der Waals surface area (Å²) in [4.78, 5) is 32.6. The molecule has 0 spiro atoms. The maximum Gasteiger partial charge on any atom is 0.274 e. The highest BCUT2D eigenvalue weighted by Crippen LogP contribution is 2.38. The van der Waals surface area contributed by atoms with Gasteiger partial charge in [0.2, 0.25) is 0 Å². The Morgan fingerprint density at radius 2 is 1.71 bits per heavy atom. The number of nitrogens with one attached hydrogen (secondary N) is 2. The second kappa shape index (κ2) is 14.5. The minimum atomic E-state index is -0.376. The van der Waals surface area contributed by atoms with Gasteiger partial charge in [-0.15, -0.1) is 11.3 Å². The van der Waals surface area contributed by atoms with Gasteiger partial charge in [-0.2, -0.15) is 5.10 Å². The van der Waals surface area contributed by atoms with Crippen LogP contribution < -0.4 is 10.7 Å². The van der Waals surface area contributed by atoms with Crippen LogP contribution in [-0.4, -0.2) is 60.6 Å². The molecule has 1 heterocycles. The zero-order valence-corrected chi connectivity index (χ0v) is 25.2. The third-order valence-electron chi connectivity index (χ3n) is 7.53. The molecule has 0 aliphatic heterocycles. The minimum absolute atomic E-state index is 0.246. The van der Waals surface area contributed by atoms with E-state index in [2.05, 4.69) is 46.5 Å². The normalized spacial score (nSPS) is 13.4. The Labute approximate surface area is 246 Å². The number of hydrogen-bond donors (Lipinski definition) is 2. The Kier molecular flexibility index (Phi) is 10.8. The molecule has 2 N–H and O–H groups in total. The molecule has 0 saturated carbocycles. The number of hydrogen-bond acceptors (Lipinski definition) is 6. The summed E-state index contributed by atoms with van der Waals surface area (Å²) >= 11 is 1.47. The van der Waals surface area contributed by atoms with E-state index in [-0.39, 0.29) is 17.6 Å². The molecule has 41 heavy (non-hydrogen) atoms. The zero-order chi connectivity index (χ0) is 29.4. The highest BCUT2D eigenvalue weighted by atomic mass is 32.1. The van der Waals surface area contributed by atoms with Crippen molar-refractivity contribution in [3.8, 4) is 0 Å². The van der Waals surface area contributed by atoms with Crippen LogP contribution in [0.25, 0.3) is 0 Å². The number of hydrazone groups is 1. The molecule has 4 rings (SSSR count). The Hall–Kier alpha value is -3.40. The van der Waals surface area contributed by atoms with E-state index in [1.165, 1.54) is 23.5 Å². The van der Waals surface area contributed by atoms with Crippen molar-refractivity contribution in [2.45, 2.75) is 53.0 Å². The first kappa shape index (κ1) is 30.6. The number of halogens is 1. The van der Waals surface area contributed by atoms with Crippen molar-refractivity contribution in [2.24, 2.45) is 5.10 Å². The Morgan fingerprint density at radius 1 is 0.976 bits per heavy atom. The molecule has 1 aliphatic carbocycles. The Bertz CT molecular complexity index is 1400. The number of likely N-dealkylation sites (N-methyl/N-ethyl adjacent to an activating group) is 2. The van der Waals surface area contributed by atoms with Crippen LogP contribution in [-0.2, 0) is 19.4 Å². The smallest absolute Gasteiger partial charge is 0.274 e. The predicted octanol–water partition coefficient (Wildman–Crippen LogP) is 5.95. The summed E-state index contributed by atoms with van der Waals surface area (Å²) in [6, 6.07) is 13.7. The molecule has 3 aromatic rings. The molecule has 2 amide bonds. The summed E-state index contributed by atoms with van der Waals surface area (Å²) < 4.78 is 13.6. The molecule has 7 nitrogen and oxygen atoms in total. The van der Waals surface area contributed by atoms with E-state index >= 15 is 0 Å². The van der Waals surface area contributed by atoms with Gasteiger partial charge in [0.25, 0.3) is 11.8 Å². The van der Waals surface area contributed by atoms with Crippen LogP contribution >= 0.6 is 11.3 Å². The molecule has 1 aromatic heterocycles. The summed E-state index contributed by atoms with van der Waals surface area (Å²) in [6.45, 7) is 10.8. The first-order valence-corrected chi connectivity index (χ1v) is 15.2. The average Bonchev–Trinajstić information content (AvgIpc) is 3.34. The zero-order valence-electron chi connectivity index (χ0n) is 24.4. The van der Waals surface area contributed by atoms with Crippen LogP contribution in [0.5, 0.6) is 0 Å². The summed E-state index contributed by atoms with van der Waals surface area (Å²) in [5.41, 5.74) is 6.79.